The fraction of sp³-hybridized carbons (Fsp3) is 0.158. The lowest BCUT2D eigenvalue weighted by atomic mass is 10.1. The molecule has 134 valence electrons. The van der Waals surface area contributed by atoms with Gasteiger partial charge in [-0.3, -0.25) is 4.68 Å². The van der Waals surface area contributed by atoms with Crippen molar-refractivity contribution < 1.29 is 0 Å². The van der Waals surface area contributed by atoms with Crippen LogP contribution >= 0.6 is 27.3 Å². The average molecular weight is 439 g/mol. The molecule has 4 heterocycles. The molecule has 1 aromatic carbocycles. The van der Waals surface area contributed by atoms with Gasteiger partial charge in [0.25, 0.3) is 0 Å². The number of nitrogens with zero attached hydrogens (tertiary/aromatic N) is 6. The molecule has 0 bridgehead atoms. The average Bonchev–Trinajstić information content (AvgIpc) is 3.34. The van der Waals surface area contributed by atoms with Gasteiger partial charge in [0.15, 0.2) is 11.5 Å². The fourth-order valence-electron chi connectivity index (χ4n) is 3.14. The third-order valence-corrected chi connectivity index (χ3v) is 6.19. The highest BCUT2D eigenvalue weighted by Crippen LogP contribution is 2.31. The summed E-state index contributed by atoms with van der Waals surface area (Å²) in [6.45, 7) is 4.96. The summed E-state index contributed by atoms with van der Waals surface area (Å²) < 4.78 is 4.64. The van der Waals surface area contributed by atoms with Gasteiger partial charge in [0, 0.05) is 16.6 Å². The van der Waals surface area contributed by atoms with Crippen LogP contribution in [0.4, 0.5) is 0 Å². The van der Waals surface area contributed by atoms with Crippen molar-refractivity contribution in [1.29, 1.82) is 0 Å². The van der Waals surface area contributed by atoms with Crippen LogP contribution in [-0.2, 0) is 6.54 Å². The molecule has 0 saturated heterocycles. The van der Waals surface area contributed by atoms with Crippen molar-refractivity contribution in [2.45, 2.75) is 20.4 Å². The molecule has 4 aromatic heterocycles. The van der Waals surface area contributed by atoms with E-state index in [0.29, 0.717) is 5.82 Å². The lowest BCUT2D eigenvalue weighted by molar-refractivity contribution is 0.686. The highest BCUT2D eigenvalue weighted by Gasteiger charge is 2.15. The topological polar surface area (TPSA) is 60.9 Å². The molecule has 0 amide bonds. The molecule has 0 N–H and O–H groups in total. The highest BCUT2D eigenvalue weighted by atomic mass is 79.9. The summed E-state index contributed by atoms with van der Waals surface area (Å²) in [5, 5.41) is 10.0. The van der Waals surface area contributed by atoms with E-state index in [9.17, 15) is 0 Å². The number of rotatable bonds is 3. The summed E-state index contributed by atoms with van der Waals surface area (Å²) in [5.41, 5.74) is 4.25. The van der Waals surface area contributed by atoms with Crippen molar-refractivity contribution in [2.75, 3.05) is 0 Å². The Kier molecular flexibility index (Phi) is 3.84. The second-order valence-corrected chi connectivity index (χ2v) is 8.58. The molecule has 0 saturated carbocycles. The van der Waals surface area contributed by atoms with Crippen LogP contribution in [-0.4, -0.2) is 29.4 Å². The van der Waals surface area contributed by atoms with Gasteiger partial charge >= 0.3 is 0 Å². The Bertz CT molecular complexity index is 1280. The summed E-state index contributed by atoms with van der Waals surface area (Å²) in [4.78, 5) is 11.6. The van der Waals surface area contributed by atoms with Crippen molar-refractivity contribution in [3.05, 3.63) is 63.5 Å². The molecule has 0 aliphatic heterocycles. The van der Waals surface area contributed by atoms with Crippen LogP contribution in [0.25, 0.3) is 27.3 Å². The first kappa shape index (κ1) is 16.6. The van der Waals surface area contributed by atoms with E-state index in [0.717, 1.165) is 32.4 Å². The van der Waals surface area contributed by atoms with E-state index < -0.39 is 0 Å². The largest absolute Gasteiger partial charge is 0.267 e. The van der Waals surface area contributed by atoms with Crippen LogP contribution in [0.3, 0.4) is 0 Å². The number of aromatic nitrogens is 6. The van der Waals surface area contributed by atoms with E-state index in [-0.39, 0.29) is 0 Å². The molecule has 5 rings (SSSR count). The Morgan fingerprint density at radius 3 is 2.70 bits per heavy atom. The van der Waals surface area contributed by atoms with Crippen molar-refractivity contribution in [3.8, 4) is 11.4 Å². The predicted octanol–water partition coefficient (Wildman–Crippen LogP) is 4.63. The fourth-order valence-corrected chi connectivity index (χ4v) is 4.46. The quantitative estimate of drug-likeness (QED) is 0.411. The van der Waals surface area contributed by atoms with Gasteiger partial charge in [-0.05, 0) is 40.9 Å². The minimum Gasteiger partial charge on any atom is -0.267 e. The minimum absolute atomic E-state index is 0.709. The maximum absolute atomic E-state index is 4.80. The molecule has 0 fully saturated rings. The van der Waals surface area contributed by atoms with E-state index in [1.807, 2.05) is 10.9 Å². The summed E-state index contributed by atoms with van der Waals surface area (Å²) in [7, 11) is 0. The van der Waals surface area contributed by atoms with E-state index in [4.69, 9.17) is 4.98 Å². The van der Waals surface area contributed by atoms with Gasteiger partial charge in [-0.15, -0.1) is 16.4 Å². The summed E-state index contributed by atoms with van der Waals surface area (Å²) in [5.74, 6) is 0.709. The van der Waals surface area contributed by atoms with Crippen molar-refractivity contribution in [1.82, 2.24) is 29.4 Å². The van der Waals surface area contributed by atoms with Gasteiger partial charge < -0.3 is 0 Å². The standard InChI is InChI=1S/C19H15BrN6S/c1-11-12(2)27-19-16(11)18-23-17(24-26(18)10-21-19)14-5-3-13(4-6-14)8-25-9-15(20)7-22-25/h3-7,9-10H,8H2,1-2H3. The first-order chi connectivity index (χ1) is 13.1. The van der Waals surface area contributed by atoms with Crippen LogP contribution in [0.2, 0.25) is 0 Å². The number of halogens is 1. The SMILES string of the molecule is Cc1sc2ncn3nc(-c4ccc(Cn5cc(Br)cn5)cc4)nc3c2c1C. The van der Waals surface area contributed by atoms with Gasteiger partial charge in [-0.1, -0.05) is 24.3 Å². The lowest BCUT2D eigenvalue weighted by Crippen LogP contribution is -1.99. The molecule has 5 aromatic rings. The van der Waals surface area contributed by atoms with E-state index in [1.54, 1.807) is 28.4 Å². The second kappa shape index (κ2) is 6.24. The summed E-state index contributed by atoms with van der Waals surface area (Å²) in [6, 6.07) is 8.28. The van der Waals surface area contributed by atoms with Gasteiger partial charge in [-0.25, -0.2) is 14.5 Å². The summed E-state index contributed by atoms with van der Waals surface area (Å²) >= 11 is 5.12. The number of hydrogen-bond acceptors (Lipinski definition) is 5. The molecule has 0 atom stereocenters. The molecular formula is C19H15BrN6S. The summed E-state index contributed by atoms with van der Waals surface area (Å²) in [6.07, 6.45) is 5.49. The van der Waals surface area contributed by atoms with Crippen LogP contribution in [0.1, 0.15) is 16.0 Å². The van der Waals surface area contributed by atoms with Crippen LogP contribution in [0.5, 0.6) is 0 Å². The highest BCUT2D eigenvalue weighted by molar-refractivity contribution is 9.10. The third kappa shape index (κ3) is 2.85. The smallest absolute Gasteiger partial charge is 0.182 e. The molecule has 0 radical (unpaired) electrons. The Morgan fingerprint density at radius 1 is 1.15 bits per heavy atom. The maximum atomic E-state index is 4.80. The Morgan fingerprint density at radius 2 is 1.96 bits per heavy atom. The Labute approximate surface area is 167 Å². The number of thiophene rings is 1. The van der Waals surface area contributed by atoms with E-state index in [1.165, 1.54) is 16.0 Å². The zero-order valence-corrected chi connectivity index (χ0v) is 17.1. The molecule has 0 unspecified atom stereocenters. The molecule has 0 aliphatic rings. The Hall–Kier alpha value is -2.58. The minimum atomic E-state index is 0.709. The second-order valence-electron chi connectivity index (χ2n) is 6.46. The zero-order valence-electron chi connectivity index (χ0n) is 14.7. The van der Waals surface area contributed by atoms with Crippen LogP contribution in [0.15, 0.2) is 47.5 Å². The number of benzene rings is 1. The van der Waals surface area contributed by atoms with Gasteiger partial charge in [0.1, 0.15) is 11.2 Å². The molecular weight excluding hydrogens is 424 g/mol. The van der Waals surface area contributed by atoms with Gasteiger partial charge in [-0.2, -0.15) is 5.10 Å². The molecule has 27 heavy (non-hydrogen) atoms. The lowest BCUT2D eigenvalue weighted by Gasteiger charge is -2.02. The molecule has 0 aliphatic carbocycles. The van der Waals surface area contributed by atoms with Gasteiger partial charge in [0.2, 0.25) is 0 Å². The maximum Gasteiger partial charge on any atom is 0.182 e. The number of fused-ring (bicyclic) bond motifs is 3. The number of aryl methyl sites for hydroxylation is 2. The van der Waals surface area contributed by atoms with Crippen molar-refractivity contribution in [2.24, 2.45) is 0 Å². The molecule has 0 spiro atoms. The van der Waals surface area contributed by atoms with Crippen LogP contribution in [0, 0.1) is 13.8 Å². The van der Waals surface area contributed by atoms with Crippen molar-refractivity contribution >= 4 is 43.1 Å². The first-order valence-electron chi connectivity index (χ1n) is 8.47. The predicted molar refractivity (Wildman–Crippen MR) is 110 cm³/mol. The zero-order chi connectivity index (χ0) is 18.5. The Balaban J connectivity index is 1.52. The van der Waals surface area contributed by atoms with Crippen LogP contribution < -0.4 is 0 Å². The molecule has 6 nitrogen and oxygen atoms in total. The third-order valence-electron chi connectivity index (χ3n) is 4.66. The van der Waals surface area contributed by atoms with E-state index >= 15 is 0 Å². The van der Waals surface area contributed by atoms with E-state index in [2.05, 4.69) is 69.2 Å². The van der Waals surface area contributed by atoms with Crippen molar-refractivity contribution in [3.63, 3.8) is 0 Å². The first-order valence-corrected chi connectivity index (χ1v) is 10.1. The number of hydrogen-bond donors (Lipinski definition) is 0. The monoisotopic (exact) mass is 438 g/mol. The normalized spacial score (nSPS) is 11.7. The van der Waals surface area contributed by atoms with Gasteiger partial charge in [0.05, 0.1) is 22.6 Å². The molecule has 8 heteroatoms.